The van der Waals surface area contributed by atoms with Gasteiger partial charge in [0.25, 0.3) is 11.8 Å². The van der Waals surface area contributed by atoms with Crippen LogP contribution in [0.3, 0.4) is 0 Å². The molecule has 1 N–H and O–H groups in total. The number of ether oxygens (including phenoxy) is 2. The molecule has 1 aromatic heterocycles. The van der Waals surface area contributed by atoms with Crippen LogP contribution in [0.4, 0.5) is 10.4 Å². The van der Waals surface area contributed by atoms with E-state index < -0.39 is 17.8 Å². The van der Waals surface area contributed by atoms with E-state index in [1.165, 1.54) is 24.3 Å². The van der Waals surface area contributed by atoms with Gasteiger partial charge < -0.3 is 13.9 Å². The predicted octanol–water partition coefficient (Wildman–Crippen LogP) is 2.97. The number of halogens is 1. The summed E-state index contributed by atoms with van der Waals surface area (Å²) in [6, 6.07) is 12.3. The molecule has 0 saturated carbocycles. The number of para-hydroxylation sites is 2. The maximum absolute atomic E-state index is 12.9. The van der Waals surface area contributed by atoms with E-state index in [4.69, 9.17) is 13.9 Å². The fourth-order valence-electron chi connectivity index (χ4n) is 2.33. The number of hydrogen-bond donors (Lipinski definition) is 1. The van der Waals surface area contributed by atoms with Crippen LogP contribution in [0.5, 0.6) is 11.5 Å². The van der Waals surface area contributed by atoms with Gasteiger partial charge in [-0.3, -0.25) is 10.1 Å². The normalized spacial score (nSPS) is 15.6. The minimum absolute atomic E-state index is 0.0771. The molecular formula is C17H12FN3O4. The van der Waals surface area contributed by atoms with Crippen LogP contribution in [-0.2, 0) is 0 Å². The first-order valence-electron chi connectivity index (χ1n) is 7.48. The van der Waals surface area contributed by atoms with Crippen molar-refractivity contribution in [3.05, 3.63) is 65.8 Å². The molecule has 0 saturated heterocycles. The molecule has 1 aliphatic rings. The highest BCUT2D eigenvalue weighted by atomic mass is 19.1. The first-order chi connectivity index (χ1) is 12.2. The zero-order valence-corrected chi connectivity index (χ0v) is 12.8. The van der Waals surface area contributed by atoms with Crippen molar-refractivity contribution < 1.29 is 23.1 Å². The molecule has 3 aromatic rings. The van der Waals surface area contributed by atoms with Crippen molar-refractivity contribution in [2.45, 2.75) is 6.10 Å². The third kappa shape index (κ3) is 3.14. The van der Waals surface area contributed by atoms with E-state index >= 15 is 0 Å². The molecule has 126 valence electrons. The first-order valence-corrected chi connectivity index (χ1v) is 7.48. The lowest BCUT2D eigenvalue weighted by atomic mass is 10.2. The molecule has 0 spiro atoms. The van der Waals surface area contributed by atoms with Crippen molar-refractivity contribution in [3.8, 4) is 11.5 Å². The smallest absolute Gasteiger partial charge is 0.322 e. The molecule has 2 aromatic carbocycles. The standard InChI is InChI=1S/C17H12FN3O4/c18-11-7-5-10(6-8-11)15(22)19-17-21-20-16(25-17)14-9-23-12-3-1-2-4-13(12)24-14/h1-8,14H,9H2,(H,19,21,22)/t14-/m0/s1. The number of aromatic nitrogens is 2. The lowest BCUT2D eigenvalue weighted by Crippen LogP contribution is -2.21. The van der Waals surface area contributed by atoms with Gasteiger partial charge >= 0.3 is 6.01 Å². The average molecular weight is 341 g/mol. The second kappa shape index (κ2) is 6.23. The van der Waals surface area contributed by atoms with E-state index in [0.717, 1.165) is 0 Å². The van der Waals surface area contributed by atoms with Crippen LogP contribution >= 0.6 is 0 Å². The number of nitrogens with zero attached hydrogens (tertiary/aromatic N) is 2. The zero-order valence-electron chi connectivity index (χ0n) is 12.8. The van der Waals surface area contributed by atoms with Gasteiger partial charge in [-0.2, -0.15) is 0 Å². The van der Waals surface area contributed by atoms with Crippen molar-refractivity contribution in [1.29, 1.82) is 0 Å². The molecule has 4 rings (SSSR count). The molecule has 0 radical (unpaired) electrons. The van der Waals surface area contributed by atoms with Crippen LogP contribution in [-0.4, -0.2) is 22.7 Å². The molecule has 0 bridgehead atoms. The van der Waals surface area contributed by atoms with Gasteiger partial charge in [-0.05, 0) is 36.4 Å². The fraction of sp³-hybridized carbons (Fsp3) is 0.118. The number of amides is 1. The average Bonchev–Trinajstić information content (AvgIpc) is 3.10. The zero-order chi connectivity index (χ0) is 17.2. The van der Waals surface area contributed by atoms with Gasteiger partial charge in [0, 0.05) is 5.56 Å². The van der Waals surface area contributed by atoms with Crippen LogP contribution in [0.1, 0.15) is 22.4 Å². The van der Waals surface area contributed by atoms with Gasteiger partial charge in [-0.1, -0.05) is 17.2 Å². The van der Waals surface area contributed by atoms with Crippen molar-refractivity contribution in [1.82, 2.24) is 10.2 Å². The Bertz CT molecular complexity index is 910. The quantitative estimate of drug-likeness (QED) is 0.788. The summed E-state index contributed by atoms with van der Waals surface area (Å²) in [6.07, 6.45) is -0.570. The maximum Gasteiger partial charge on any atom is 0.322 e. The number of rotatable bonds is 3. The summed E-state index contributed by atoms with van der Waals surface area (Å²) in [4.78, 5) is 12.1. The van der Waals surface area contributed by atoms with Gasteiger partial charge in [-0.25, -0.2) is 4.39 Å². The molecule has 8 heteroatoms. The predicted molar refractivity (Wildman–Crippen MR) is 84.0 cm³/mol. The summed E-state index contributed by atoms with van der Waals surface area (Å²) in [5.41, 5.74) is 0.271. The monoisotopic (exact) mass is 341 g/mol. The van der Waals surface area contributed by atoms with Crippen molar-refractivity contribution >= 4 is 11.9 Å². The van der Waals surface area contributed by atoms with Gasteiger partial charge in [0.15, 0.2) is 11.5 Å². The molecule has 0 aliphatic carbocycles. The van der Waals surface area contributed by atoms with Crippen molar-refractivity contribution in [2.24, 2.45) is 0 Å². The first kappa shape index (κ1) is 15.1. The lowest BCUT2D eigenvalue weighted by Gasteiger charge is -2.23. The van der Waals surface area contributed by atoms with Crippen LogP contribution in [0, 0.1) is 5.82 Å². The Morgan fingerprint density at radius 1 is 1.08 bits per heavy atom. The third-order valence-electron chi connectivity index (χ3n) is 3.55. The largest absolute Gasteiger partial charge is 0.485 e. The van der Waals surface area contributed by atoms with Crippen molar-refractivity contribution in [2.75, 3.05) is 11.9 Å². The van der Waals surface area contributed by atoms with E-state index in [2.05, 4.69) is 15.5 Å². The van der Waals surface area contributed by atoms with Crippen LogP contribution in [0.15, 0.2) is 52.9 Å². The van der Waals surface area contributed by atoms with E-state index in [-0.39, 0.29) is 24.1 Å². The number of carbonyl (C=O) groups is 1. The highest BCUT2D eigenvalue weighted by Crippen LogP contribution is 2.35. The molecule has 1 atom stereocenters. The Labute approximate surface area is 141 Å². The molecule has 0 fully saturated rings. The van der Waals surface area contributed by atoms with Crippen molar-refractivity contribution in [3.63, 3.8) is 0 Å². The number of nitrogens with one attached hydrogen (secondary N) is 1. The van der Waals surface area contributed by atoms with Gasteiger partial charge in [0.05, 0.1) is 0 Å². The number of fused-ring (bicyclic) bond motifs is 1. The molecular weight excluding hydrogens is 329 g/mol. The van der Waals surface area contributed by atoms with Gasteiger partial charge in [0.2, 0.25) is 6.10 Å². The summed E-state index contributed by atoms with van der Waals surface area (Å²) >= 11 is 0. The molecule has 1 amide bonds. The maximum atomic E-state index is 12.9. The van der Waals surface area contributed by atoms with Crippen LogP contribution in [0.2, 0.25) is 0 Å². The molecule has 0 unspecified atom stereocenters. The van der Waals surface area contributed by atoms with Gasteiger partial charge in [-0.15, -0.1) is 5.10 Å². The number of hydrogen-bond acceptors (Lipinski definition) is 6. The summed E-state index contributed by atoms with van der Waals surface area (Å²) in [5, 5.41) is 10.1. The highest BCUT2D eigenvalue weighted by Gasteiger charge is 2.27. The molecule has 2 heterocycles. The van der Waals surface area contributed by atoms with E-state index in [9.17, 15) is 9.18 Å². The Morgan fingerprint density at radius 2 is 1.84 bits per heavy atom. The minimum Gasteiger partial charge on any atom is -0.485 e. The second-order valence-electron chi connectivity index (χ2n) is 5.27. The van der Waals surface area contributed by atoms with Crippen LogP contribution in [0.25, 0.3) is 0 Å². The Hall–Kier alpha value is -3.42. The number of carbonyl (C=O) groups excluding carboxylic acids is 1. The second-order valence-corrected chi connectivity index (χ2v) is 5.27. The Kier molecular flexibility index (Phi) is 3.77. The molecule has 25 heavy (non-hydrogen) atoms. The highest BCUT2D eigenvalue weighted by molar-refractivity contribution is 6.03. The molecule has 7 nitrogen and oxygen atoms in total. The number of benzene rings is 2. The van der Waals surface area contributed by atoms with E-state index in [0.29, 0.717) is 11.5 Å². The van der Waals surface area contributed by atoms with Gasteiger partial charge in [0.1, 0.15) is 12.4 Å². The van der Waals surface area contributed by atoms with E-state index in [1.807, 2.05) is 12.1 Å². The topological polar surface area (TPSA) is 86.5 Å². The summed E-state index contributed by atoms with van der Waals surface area (Å²) in [5.74, 6) is 0.494. The van der Waals surface area contributed by atoms with Crippen LogP contribution < -0.4 is 14.8 Å². The fourth-order valence-corrected chi connectivity index (χ4v) is 2.33. The lowest BCUT2D eigenvalue weighted by molar-refractivity contribution is 0.0716. The Morgan fingerprint density at radius 3 is 2.64 bits per heavy atom. The number of anilines is 1. The summed E-state index contributed by atoms with van der Waals surface area (Å²) < 4.78 is 29.7. The van der Waals surface area contributed by atoms with E-state index in [1.54, 1.807) is 12.1 Å². The molecule has 1 aliphatic heterocycles. The SMILES string of the molecule is O=C(Nc1nnc([C@@H]2COc3ccccc3O2)o1)c1ccc(F)cc1. The summed E-state index contributed by atoms with van der Waals surface area (Å²) in [7, 11) is 0. The summed E-state index contributed by atoms with van der Waals surface area (Å²) in [6.45, 7) is 0.213. The minimum atomic E-state index is -0.570. The Balaban J connectivity index is 1.46. The third-order valence-corrected chi connectivity index (χ3v) is 3.55.